The molecule has 0 saturated carbocycles. The molecule has 6 nitrogen and oxygen atoms in total. The zero-order valence-corrected chi connectivity index (χ0v) is 18.5. The van der Waals surface area contributed by atoms with Crippen molar-refractivity contribution in [3.05, 3.63) is 23.5 Å². The molecule has 0 aliphatic carbocycles. The van der Waals surface area contributed by atoms with Crippen molar-refractivity contribution < 1.29 is 29.3 Å². The van der Waals surface area contributed by atoms with Crippen LogP contribution in [0.4, 0.5) is 0 Å². The van der Waals surface area contributed by atoms with E-state index >= 15 is 0 Å². The number of aliphatic hydroxyl groups excluding tert-OH is 2. The molecule has 0 bridgehead atoms. The molecule has 29 heavy (non-hydrogen) atoms. The van der Waals surface area contributed by atoms with Crippen molar-refractivity contribution in [3.63, 3.8) is 0 Å². The van der Waals surface area contributed by atoms with Crippen LogP contribution in [0.15, 0.2) is 23.5 Å². The standard InChI is InChI=1S/C23H40O6/c1-4-6-7-13-16-19(24)17-14-11-9-8-10-12-15-18-20(22(26)28-3)21(25)23(27)29-5-2/h11,14,19,24-25H,4-10,12-13,15-18H2,1-3H3/b14-11+,21-20+. The highest BCUT2D eigenvalue weighted by atomic mass is 16.5. The summed E-state index contributed by atoms with van der Waals surface area (Å²) in [5, 5.41) is 19.8. The second kappa shape index (κ2) is 18.2. The second-order valence-electron chi connectivity index (χ2n) is 7.20. The number of carbonyl (C=O) groups excluding carboxylic acids is 2. The lowest BCUT2D eigenvalue weighted by atomic mass is 10.0. The highest BCUT2D eigenvalue weighted by Crippen LogP contribution is 2.16. The third-order valence-electron chi connectivity index (χ3n) is 4.70. The summed E-state index contributed by atoms with van der Waals surface area (Å²) in [5.41, 5.74) is -0.0289. The van der Waals surface area contributed by atoms with Crippen molar-refractivity contribution in [3.8, 4) is 0 Å². The Morgan fingerprint density at radius 2 is 1.62 bits per heavy atom. The van der Waals surface area contributed by atoms with E-state index in [1.165, 1.54) is 26.4 Å². The van der Waals surface area contributed by atoms with Gasteiger partial charge in [0.25, 0.3) is 0 Å². The molecule has 168 valence electrons. The van der Waals surface area contributed by atoms with Crippen molar-refractivity contribution in [2.24, 2.45) is 0 Å². The molecule has 0 aromatic carbocycles. The van der Waals surface area contributed by atoms with E-state index < -0.39 is 17.7 Å². The number of carbonyl (C=O) groups is 2. The van der Waals surface area contributed by atoms with E-state index in [1.807, 2.05) is 0 Å². The number of allylic oxidation sites excluding steroid dienone is 1. The number of hydrogen-bond donors (Lipinski definition) is 2. The zero-order chi connectivity index (χ0) is 21.9. The van der Waals surface area contributed by atoms with E-state index in [0.29, 0.717) is 12.8 Å². The molecule has 0 radical (unpaired) electrons. The topological polar surface area (TPSA) is 93.1 Å². The number of unbranched alkanes of at least 4 members (excludes halogenated alkanes) is 7. The van der Waals surface area contributed by atoms with Gasteiger partial charge in [-0.05, 0) is 45.4 Å². The molecule has 0 aliphatic rings. The lowest BCUT2D eigenvalue weighted by molar-refractivity contribution is -0.143. The van der Waals surface area contributed by atoms with Crippen LogP contribution in [0, 0.1) is 0 Å². The summed E-state index contributed by atoms with van der Waals surface area (Å²) in [6, 6.07) is 0. The predicted octanol–water partition coefficient (Wildman–Crippen LogP) is 5.15. The van der Waals surface area contributed by atoms with Crippen molar-refractivity contribution >= 4 is 11.9 Å². The third kappa shape index (κ3) is 13.9. The van der Waals surface area contributed by atoms with Crippen LogP contribution in [-0.4, -0.2) is 42.0 Å². The van der Waals surface area contributed by atoms with Crippen molar-refractivity contribution in [2.75, 3.05) is 13.7 Å². The molecule has 0 aliphatic heterocycles. The van der Waals surface area contributed by atoms with Crippen molar-refractivity contribution in [2.45, 2.75) is 97.0 Å². The SMILES string of the molecule is CCCCCCC(O)C/C=C/CCCCCC/C(C(=O)OC)=C(\O)C(=O)OCC. The van der Waals surface area contributed by atoms with E-state index in [9.17, 15) is 19.8 Å². The summed E-state index contributed by atoms with van der Waals surface area (Å²) in [7, 11) is 1.22. The first-order valence-electron chi connectivity index (χ1n) is 11.0. The summed E-state index contributed by atoms with van der Waals surface area (Å²) in [6.45, 7) is 3.94. The first-order valence-corrected chi connectivity index (χ1v) is 11.0. The molecule has 0 saturated heterocycles. The van der Waals surface area contributed by atoms with Crippen LogP contribution < -0.4 is 0 Å². The van der Waals surface area contributed by atoms with E-state index in [1.54, 1.807) is 6.92 Å². The molecule has 0 rings (SSSR count). The Hall–Kier alpha value is -1.82. The normalized spacial score (nSPS) is 13.2. The molecule has 2 N–H and O–H groups in total. The van der Waals surface area contributed by atoms with Crippen molar-refractivity contribution in [1.29, 1.82) is 0 Å². The largest absolute Gasteiger partial charge is 0.501 e. The predicted molar refractivity (Wildman–Crippen MR) is 115 cm³/mol. The highest BCUT2D eigenvalue weighted by Gasteiger charge is 2.21. The quantitative estimate of drug-likeness (QED) is 0.113. The molecule has 0 spiro atoms. The Labute approximate surface area is 176 Å². The van der Waals surface area contributed by atoms with Crippen LogP contribution in [0.2, 0.25) is 0 Å². The monoisotopic (exact) mass is 412 g/mol. The zero-order valence-electron chi connectivity index (χ0n) is 18.5. The molecule has 0 heterocycles. The molecule has 6 heteroatoms. The molecule has 0 fully saturated rings. The van der Waals surface area contributed by atoms with Gasteiger partial charge in [0.15, 0.2) is 0 Å². The maximum absolute atomic E-state index is 11.8. The molecule has 1 unspecified atom stereocenters. The summed E-state index contributed by atoms with van der Waals surface area (Å²) >= 11 is 0. The van der Waals surface area contributed by atoms with Gasteiger partial charge < -0.3 is 19.7 Å². The smallest absolute Gasteiger partial charge is 0.373 e. The Kier molecular flexibility index (Phi) is 17.1. The molecular weight excluding hydrogens is 372 g/mol. The fourth-order valence-corrected chi connectivity index (χ4v) is 2.98. The Morgan fingerprint density at radius 3 is 2.28 bits per heavy atom. The summed E-state index contributed by atoms with van der Waals surface area (Å²) in [4.78, 5) is 23.4. The number of aliphatic hydroxyl groups is 2. The highest BCUT2D eigenvalue weighted by molar-refractivity contribution is 5.98. The molecule has 0 aromatic rings. The average molecular weight is 413 g/mol. The van der Waals surface area contributed by atoms with Gasteiger partial charge in [0, 0.05) is 0 Å². The van der Waals surface area contributed by atoms with Crippen LogP contribution in [0.5, 0.6) is 0 Å². The first kappa shape index (κ1) is 27.2. The minimum Gasteiger partial charge on any atom is -0.501 e. The molecular formula is C23H40O6. The van der Waals surface area contributed by atoms with Crippen LogP contribution in [0.25, 0.3) is 0 Å². The maximum atomic E-state index is 11.8. The van der Waals surface area contributed by atoms with Gasteiger partial charge in [-0.3, -0.25) is 0 Å². The van der Waals surface area contributed by atoms with Crippen molar-refractivity contribution in [1.82, 2.24) is 0 Å². The van der Waals surface area contributed by atoms with E-state index in [4.69, 9.17) is 4.74 Å². The molecule has 1 atom stereocenters. The minimum absolute atomic E-state index is 0.0289. The van der Waals surface area contributed by atoms with E-state index in [0.717, 1.165) is 38.5 Å². The maximum Gasteiger partial charge on any atom is 0.373 e. The van der Waals surface area contributed by atoms with Gasteiger partial charge in [-0.1, -0.05) is 57.6 Å². The van der Waals surface area contributed by atoms with E-state index in [2.05, 4.69) is 23.8 Å². The summed E-state index contributed by atoms with van der Waals surface area (Å²) < 4.78 is 9.38. The number of methoxy groups -OCH3 is 1. The number of ether oxygens (including phenoxy) is 2. The van der Waals surface area contributed by atoms with Crippen LogP contribution in [-0.2, 0) is 19.1 Å². The minimum atomic E-state index is -0.898. The van der Waals surface area contributed by atoms with E-state index in [-0.39, 0.29) is 24.7 Å². The van der Waals surface area contributed by atoms with Gasteiger partial charge in [0.05, 0.1) is 25.4 Å². The summed E-state index contributed by atoms with van der Waals surface area (Å²) in [5.74, 6) is -2.26. The van der Waals surface area contributed by atoms with Gasteiger partial charge in [-0.2, -0.15) is 0 Å². The lowest BCUT2D eigenvalue weighted by Gasteiger charge is -2.08. The lowest BCUT2D eigenvalue weighted by Crippen LogP contribution is -2.15. The number of rotatable bonds is 17. The fraction of sp³-hybridized carbons (Fsp3) is 0.739. The first-order chi connectivity index (χ1) is 14.0. The van der Waals surface area contributed by atoms with Crippen LogP contribution in [0.3, 0.4) is 0 Å². The number of hydrogen-bond acceptors (Lipinski definition) is 6. The van der Waals surface area contributed by atoms with Gasteiger partial charge in [0.2, 0.25) is 5.76 Å². The van der Waals surface area contributed by atoms with Gasteiger partial charge in [0.1, 0.15) is 0 Å². The fourth-order valence-electron chi connectivity index (χ4n) is 2.98. The van der Waals surface area contributed by atoms with Gasteiger partial charge in [-0.15, -0.1) is 0 Å². The van der Waals surface area contributed by atoms with Gasteiger partial charge >= 0.3 is 11.9 Å². The molecule has 0 amide bonds. The third-order valence-corrected chi connectivity index (χ3v) is 4.70. The van der Waals surface area contributed by atoms with Gasteiger partial charge in [-0.25, -0.2) is 9.59 Å². The van der Waals surface area contributed by atoms with Crippen LogP contribution >= 0.6 is 0 Å². The Bertz CT molecular complexity index is 509. The number of esters is 2. The second-order valence-corrected chi connectivity index (χ2v) is 7.20. The van der Waals surface area contributed by atoms with Crippen LogP contribution in [0.1, 0.15) is 90.9 Å². The Morgan fingerprint density at radius 1 is 0.931 bits per heavy atom. The average Bonchev–Trinajstić information content (AvgIpc) is 2.71. The Balaban J connectivity index is 4.02. The summed E-state index contributed by atoms with van der Waals surface area (Å²) in [6.07, 6.45) is 15.0. The molecule has 0 aromatic heterocycles.